The van der Waals surface area contributed by atoms with Crippen LogP contribution >= 0.6 is 0 Å². The van der Waals surface area contributed by atoms with Crippen molar-refractivity contribution in [1.29, 1.82) is 0 Å². The molecule has 10 aromatic rings. The zero-order valence-corrected chi connectivity index (χ0v) is 29.1. The van der Waals surface area contributed by atoms with Crippen LogP contribution in [0.1, 0.15) is 22.9 Å². The number of nitrogens with zero attached hydrogens (tertiary/aromatic N) is 3. The number of aromatic nitrogens is 1. The normalized spacial score (nSPS) is 14.5. The first-order valence-corrected chi connectivity index (χ1v) is 18.3. The molecule has 0 aliphatic carbocycles. The van der Waals surface area contributed by atoms with Gasteiger partial charge in [0.05, 0.1) is 22.1 Å². The summed E-state index contributed by atoms with van der Waals surface area (Å²) in [6, 6.07) is 63.9. The second-order valence-electron chi connectivity index (χ2n) is 13.9. The molecule has 0 spiro atoms. The Hall–Kier alpha value is -7.24. The van der Waals surface area contributed by atoms with E-state index in [1.54, 1.807) is 0 Å². The highest BCUT2D eigenvalue weighted by molar-refractivity contribution is 6.19. The molecule has 0 amide bonds. The third kappa shape index (κ3) is 4.94. The maximum absolute atomic E-state index is 6.68. The molecule has 0 radical (unpaired) electrons. The standard InChI is InChI=1S/C49H32N4O/c1-3-14-31(15-4-1)33-20-13-21-36(26-33)48-50-47(32-16-5-2-6-17-32)51-49(52-48)37-29-43(46-39-23-10-12-25-44(39)54-45(46)30-37)53-41-24-11-9-22-38(41)40-27-34-18-7-8-19-35(34)28-42(40)53/h1-30,48H,(H,50,51,52). The van der Waals surface area contributed by atoms with Crippen molar-refractivity contribution in [3.63, 3.8) is 0 Å². The maximum atomic E-state index is 6.68. The summed E-state index contributed by atoms with van der Waals surface area (Å²) >= 11 is 0. The number of fused-ring (bicyclic) bond motifs is 7. The van der Waals surface area contributed by atoms with Crippen LogP contribution in [0, 0.1) is 0 Å². The van der Waals surface area contributed by atoms with E-state index in [0.29, 0.717) is 5.84 Å². The summed E-state index contributed by atoms with van der Waals surface area (Å²) in [6.45, 7) is 0. The van der Waals surface area contributed by atoms with Crippen LogP contribution in [0.4, 0.5) is 0 Å². The first kappa shape index (κ1) is 30.4. The molecule has 1 aliphatic rings. The van der Waals surface area contributed by atoms with Crippen LogP contribution in [0.3, 0.4) is 0 Å². The van der Waals surface area contributed by atoms with Gasteiger partial charge < -0.3 is 14.3 Å². The van der Waals surface area contributed by atoms with Gasteiger partial charge in [0.25, 0.3) is 0 Å². The van der Waals surface area contributed by atoms with E-state index in [-0.39, 0.29) is 6.17 Å². The van der Waals surface area contributed by atoms with Gasteiger partial charge in [0, 0.05) is 27.3 Å². The number of rotatable bonds is 5. The molecule has 2 aromatic heterocycles. The minimum Gasteiger partial charge on any atom is -0.456 e. The molecule has 0 fully saturated rings. The number of hydrogen-bond donors (Lipinski definition) is 1. The monoisotopic (exact) mass is 692 g/mol. The van der Waals surface area contributed by atoms with Crippen molar-refractivity contribution in [3.8, 4) is 16.8 Å². The van der Waals surface area contributed by atoms with E-state index >= 15 is 0 Å². The summed E-state index contributed by atoms with van der Waals surface area (Å²) in [4.78, 5) is 10.4. The van der Waals surface area contributed by atoms with Crippen molar-refractivity contribution in [2.45, 2.75) is 6.17 Å². The van der Waals surface area contributed by atoms with Crippen molar-refractivity contribution in [1.82, 2.24) is 9.88 Å². The summed E-state index contributed by atoms with van der Waals surface area (Å²) in [7, 11) is 0. The molecular formula is C49H32N4O. The first-order chi connectivity index (χ1) is 26.7. The van der Waals surface area contributed by atoms with Crippen LogP contribution in [0.15, 0.2) is 196 Å². The second-order valence-corrected chi connectivity index (χ2v) is 13.9. The number of furan rings is 1. The average Bonchev–Trinajstić information content (AvgIpc) is 3.78. The van der Waals surface area contributed by atoms with Gasteiger partial charge in [-0.25, -0.2) is 9.98 Å². The van der Waals surface area contributed by atoms with E-state index in [1.165, 1.54) is 21.5 Å². The highest BCUT2D eigenvalue weighted by Gasteiger charge is 2.25. The largest absolute Gasteiger partial charge is 0.456 e. The van der Waals surface area contributed by atoms with E-state index < -0.39 is 0 Å². The average molecular weight is 693 g/mol. The summed E-state index contributed by atoms with van der Waals surface area (Å²) in [6.07, 6.45) is -0.370. The van der Waals surface area contributed by atoms with E-state index in [4.69, 9.17) is 14.4 Å². The molecule has 0 saturated heterocycles. The SMILES string of the molecule is c1ccc(C2=NC(c3cccc(-c4ccccc4)c3)NC(c3cc(-n4c5ccccc5c5cc6ccccc6cc54)c4c(c3)oc3ccccc34)=N2)cc1. The summed E-state index contributed by atoms with van der Waals surface area (Å²) in [5, 5.41) is 10.7. The number of hydrogen-bond acceptors (Lipinski definition) is 4. The van der Waals surface area contributed by atoms with Gasteiger partial charge in [-0.2, -0.15) is 0 Å². The minimum absolute atomic E-state index is 0.370. The van der Waals surface area contributed by atoms with Gasteiger partial charge in [-0.1, -0.05) is 140 Å². The Bertz CT molecular complexity index is 3140. The topological polar surface area (TPSA) is 54.8 Å². The van der Waals surface area contributed by atoms with Crippen molar-refractivity contribution >= 4 is 66.2 Å². The van der Waals surface area contributed by atoms with Gasteiger partial charge in [0.2, 0.25) is 0 Å². The fourth-order valence-electron chi connectivity index (χ4n) is 8.06. The van der Waals surface area contributed by atoms with Crippen LogP contribution in [-0.4, -0.2) is 16.2 Å². The van der Waals surface area contributed by atoms with Gasteiger partial charge in [0.1, 0.15) is 23.2 Å². The van der Waals surface area contributed by atoms with E-state index in [2.05, 4.69) is 155 Å². The zero-order valence-electron chi connectivity index (χ0n) is 29.1. The Morgan fingerprint density at radius 1 is 0.481 bits per heavy atom. The molecule has 1 atom stereocenters. The Balaban J connectivity index is 1.16. The molecule has 0 bridgehead atoms. The fraction of sp³-hybridized carbons (Fsp3) is 0.0204. The van der Waals surface area contributed by atoms with Gasteiger partial charge in [-0.05, 0) is 69.9 Å². The van der Waals surface area contributed by atoms with E-state index in [1.807, 2.05) is 36.4 Å². The Kier molecular flexibility index (Phi) is 6.85. The number of nitrogens with one attached hydrogen (secondary N) is 1. The molecule has 54 heavy (non-hydrogen) atoms. The van der Waals surface area contributed by atoms with Crippen LogP contribution < -0.4 is 5.32 Å². The van der Waals surface area contributed by atoms with Crippen LogP contribution in [0.2, 0.25) is 0 Å². The number of benzene rings is 8. The number of para-hydroxylation sites is 2. The van der Waals surface area contributed by atoms with Gasteiger partial charge in [0.15, 0.2) is 5.84 Å². The Morgan fingerprint density at radius 3 is 2.00 bits per heavy atom. The van der Waals surface area contributed by atoms with Gasteiger partial charge in [-0.15, -0.1) is 0 Å². The van der Waals surface area contributed by atoms with Gasteiger partial charge >= 0.3 is 0 Å². The maximum Gasteiger partial charge on any atom is 0.159 e. The summed E-state index contributed by atoms with van der Waals surface area (Å²) in [5.41, 5.74) is 10.2. The summed E-state index contributed by atoms with van der Waals surface area (Å²) in [5.74, 6) is 1.41. The molecule has 254 valence electrons. The lowest BCUT2D eigenvalue weighted by molar-refractivity contribution is 0.666. The molecule has 5 nitrogen and oxygen atoms in total. The van der Waals surface area contributed by atoms with Crippen LogP contribution in [-0.2, 0) is 0 Å². The van der Waals surface area contributed by atoms with Crippen LogP contribution in [0.25, 0.3) is 71.3 Å². The Labute approximate surface area is 311 Å². The predicted octanol–water partition coefficient (Wildman–Crippen LogP) is 12.0. The number of amidine groups is 2. The third-order valence-electron chi connectivity index (χ3n) is 10.6. The van der Waals surface area contributed by atoms with E-state index in [9.17, 15) is 0 Å². The van der Waals surface area contributed by atoms with E-state index in [0.717, 1.165) is 72.3 Å². The van der Waals surface area contributed by atoms with Crippen molar-refractivity contribution in [3.05, 3.63) is 199 Å². The molecule has 8 aromatic carbocycles. The highest BCUT2D eigenvalue weighted by Crippen LogP contribution is 2.41. The highest BCUT2D eigenvalue weighted by atomic mass is 16.3. The molecule has 1 unspecified atom stereocenters. The fourth-order valence-corrected chi connectivity index (χ4v) is 8.06. The lowest BCUT2D eigenvalue weighted by atomic mass is 10.0. The van der Waals surface area contributed by atoms with Crippen molar-refractivity contribution in [2.24, 2.45) is 9.98 Å². The minimum atomic E-state index is -0.370. The summed E-state index contributed by atoms with van der Waals surface area (Å²) < 4.78 is 9.08. The lowest BCUT2D eigenvalue weighted by Gasteiger charge is -2.24. The molecule has 3 heterocycles. The molecule has 1 N–H and O–H groups in total. The lowest BCUT2D eigenvalue weighted by Crippen LogP contribution is -2.33. The van der Waals surface area contributed by atoms with Crippen LogP contribution in [0.5, 0.6) is 0 Å². The Morgan fingerprint density at radius 2 is 1.17 bits per heavy atom. The third-order valence-corrected chi connectivity index (χ3v) is 10.6. The quantitative estimate of drug-likeness (QED) is 0.195. The van der Waals surface area contributed by atoms with Crippen molar-refractivity contribution < 1.29 is 4.42 Å². The first-order valence-electron chi connectivity index (χ1n) is 18.3. The molecule has 0 saturated carbocycles. The molecule has 5 heteroatoms. The molecule has 1 aliphatic heterocycles. The second kappa shape index (κ2) is 12.2. The molecular weight excluding hydrogens is 661 g/mol. The number of aliphatic imine (C=N–C) groups is 2. The molecule has 11 rings (SSSR count). The zero-order chi connectivity index (χ0) is 35.6. The smallest absolute Gasteiger partial charge is 0.159 e. The van der Waals surface area contributed by atoms with Crippen molar-refractivity contribution in [2.75, 3.05) is 0 Å². The van der Waals surface area contributed by atoms with Gasteiger partial charge in [-0.3, -0.25) is 0 Å². The predicted molar refractivity (Wildman–Crippen MR) is 223 cm³/mol.